The molecule has 172 valence electrons. The van der Waals surface area contributed by atoms with Gasteiger partial charge < -0.3 is 20.4 Å². The molecule has 3 aromatic rings. The Bertz CT molecular complexity index is 1280. The minimum atomic E-state index is -1.68. The van der Waals surface area contributed by atoms with Crippen molar-refractivity contribution in [2.24, 2.45) is 0 Å². The maximum Gasteiger partial charge on any atom is 0.345 e. The summed E-state index contributed by atoms with van der Waals surface area (Å²) in [6.07, 6.45) is 1.64. The molecule has 5 rings (SSSR count). The van der Waals surface area contributed by atoms with Crippen molar-refractivity contribution in [1.29, 1.82) is 0 Å². The van der Waals surface area contributed by atoms with Crippen LogP contribution in [0.3, 0.4) is 0 Å². The summed E-state index contributed by atoms with van der Waals surface area (Å²) < 4.78 is 6.20. The molecule has 1 saturated carbocycles. The van der Waals surface area contributed by atoms with Crippen molar-refractivity contribution in [3.05, 3.63) is 101 Å². The molecule has 1 spiro atoms. The Kier molecular flexibility index (Phi) is 5.17. The van der Waals surface area contributed by atoms with Crippen molar-refractivity contribution in [1.82, 2.24) is 0 Å². The molecule has 0 atom stereocenters. The average Bonchev–Trinajstić information content (AvgIpc) is 3.14. The number of hydrogen-bond donors (Lipinski definition) is 2. The molecule has 1 aromatic heterocycles. The Morgan fingerprint density at radius 3 is 2.24 bits per heavy atom. The number of nitrogens with one attached hydrogen (secondary N) is 1. The number of nitrogens with zero attached hydrogens (tertiary/aromatic N) is 1. The Morgan fingerprint density at radius 2 is 1.56 bits per heavy atom. The Morgan fingerprint density at radius 1 is 0.912 bits per heavy atom. The highest BCUT2D eigenvalue weighted by molar-refractivity contribution is 6.09. The van der Waals surface area contributed by atoms with Gasteiger partial charge in [-0.15, -0.1) is 0 Å². The van der Waals surface area contributed by atoms with Gasteiger partial charge in [0.2, 0.25) is 0 Å². The normalized spacial score (nSPS) is 23.3. The van der Waals surface area contributed by atoms with Gasteiger partial charge >= 0.3 is 5.97 Å². The molecule has 2 aliphatic rings. The molecular weight excluding hydrogens is 436 g/mol. The van der Waals surface area contributed by atoms with E-state index in [0.29, 0.717) is 21.5 Å². The molecule has 8 nitrogen and oxygen atoms in total. The van der Waals surface area contributed by atoms with Crippen LogP contribution in [0.4, 0.5) is 5.69 Å². The van der Waals surface area contributed by atoms with Gasteiger partial charge in [-0.25, -0.2) is 4.79 Å². The molecular formula is C26H22N2O6. The lowest BCUT2D eigenvalue weighted by molar-refractivity contribution is -0.621. The second-order valence-electron chi connectivity index (χ2n) is 8.74. The number of amides is 1. The van der Waals surface area contributed by atoms with Gasteiger partial charge in [-0.2, -0.15) is 4.73 Å². The number of aromatic nitrogens is 1. The molecule has 8 heteroatoms. The van der Waals surface area contributed by atoms with Crippen LogP contribution in [0.5, 0.6) is 0 Å². The van der Waals surface area contributed by atoms with E-state index in [0.717, 1.165) is 0 Å². The minimum Gasteiger partial charge on any atom is -0.618 e. The number of pyridine rings is 1. The highest BCUT2D eigenvalue weighted by Crippen LogP contribution is 2.48. The van der Waals surface area contributed by atoms with Crippen molar-refractivity contribution in [2.75, 3.05) is 5.32 Å². The van der Waals surface area contributed by atoms with Crippen LogP contribution in [0.1, 0.15) is 57.7 Å². The number of ketones is 1. The number of carbonyl (C=O) groups is 3. The summed E-state index contributed by atoms with van der Waals surface area (Å²) >= 11 is 0. The standard InChI is InChI=1S/C26H22N2O6/c29-21(17-5-2-1-3-6-17)18-8-10-19(11-9-18)27-24(31)25(32)12-14-26(15-13-25)22-20(23(30)34-26)7-4-16-28(22)33/h1-11,16,32H,12-15H2,(H,27,31). The van der Waals surface area contributed by atoms with Crippen LogP contribution in [0.15, 0.2) is 72.9 Å². The molecule has 34 heavy (non-hydrogen) atoms. The second-order valence-corrected chi connectivity index (χ2v) is 8.74. The number of aliphatic hydroxyl groups is 1. The first kappa shape index (κ1) is 21.8. The van der Waals surface area contributed by atoms with E-state index in [1.54, 1.807) is 54.6 Å². The first-order chi connectivity index (χ1) is 16.3. The molecule has 2 N–H and O–H groups in total. The van der Waals surface area contributed by atoms with Crippen LogP contribution in [-0.2, 0) is 15.1 Å². The smallest absolute Gasteiger partial charge is 0.345 e. The molecule has 1 amide bonds. The van der Waals surface area contributed by atoms with Crippen LogP contribution in [0.2, 0.25) is 0 Å². The number of fused-ring (bicyclic) bond motifs is 2. The van der Waals surface area contributed by atoms with Gasteiger partial charge in [0.1, 0.15) is 11.2 Å². The third kappa shape index (κ3) is 3.62. The molecule has 0 saturated heterocycles. The van der Waals surface area contributed by atoms with E-state index in [4.69, 9.17) is 4.74 Å². The fourth-order valence-electron chi connectivity index (χ4n) is 4.72. The van der Waals surface area contributed by atoms with Crippen molar-refractivity contribution in [2.45, 2.75) is 36.9 Å². The lowest BCUT2D eigenvalue weighted by atomic mass is 9.74. The van der Waals surface area contributed by atoms with E-state index in [2.05, 4.69) is 5.32 Å². The van der Waals surface area contributed by atoms with Gasteiger partial charge in [-0.3, -0.25) is 9.59 Å². The quantitative estimate of drug-likeness (QED) is 0.269. The average molecular weight is 458 g/mol. The Balaban J connectivity index is 1.27. The molecule has 0 radical (unpaired) electrons. The lowest BCUT2D eigenvalue weighted by Gasteiger charge is -2.38. The highest BCUT2D eigenvalue weighted by atomic mass is 16.6. The zero-order valence-electron chi connectivity index (χ0n) is 18.2. The summed E-state index contributed by atoms with van der Waals surface area (Å²) in [4.78, 5) is 37.7. The number of esters is 1. The maximum atomic E-state index is 12.9. The van der Waals surface area contributed by atoms with E-state index in [1.807, 2.05) is 6.07 Å². The molecule has 2 heterocycles. The number of hydrogen-bond acceptors (Lipinski definition) is 6. The molecule has 2 aromatic carbocycles. The number of carbonyl (C=O) groups excluding carboxylic acids is 3. The summed E-state index contributed by atoms with van der Waals surface area (Å²) in [5.41, 5.74) is -0.867. The Labute approximate surface area is 195 Å². The fourth-order valence-corrected chi connectivity index (χ4v) is 4.72. The zero-order valence-corrected chi connectivity index (χ0v) is 18.2. The number of rotatable bonds is 4. The summed E-state index contributed by atoms with van der Waals surface area (Å²) in [5.74, 6) is -1.28. The monoisotopic (exact) mass is 458 g/mol. The SMILES string of the molecule is O=C(c1ccccc1)c1ccc(NC(=O)C2(O)CCC3(CC2)OC(=O)c2ccc[n+]([O-])c23)cc1. The van der Waals surface area contributed by atoms with E-state index in [-0.39, 0.29) is 42.7 Å². The summed E-state index contributed by atoms with van der Waals surface area (Å²) in [6, 6.07) is 18.4. The molecule has 0 bridgehead atoms. The summed E-state index contributed by atoms with van der Waals surface area (Å²) in [5, 5.41) is 26.1. The first-order valence-electron chi connectivity index (χ1n) is 11.0. The van der Waals surface area contributed by atoms with Gasteiger partial charge in [0.25, 0.3) is 11.6 Å². The fraction of sp³-hybridized carbons (Fsp3) is 0.231. The van der Waals surface area contributed by atoms with Gasteiger partial charge in [0.05, 0.1) is 0 Å². The minimum absolute atomic E-state index is 0.0189. The molecule has 0 unspecified atom stereocenters. The van der Waals surface area contributed by atoms with E-state index in [1.165, 1.54) is 12.3 Å². The zero-order chi connectivity index (χ0) is 23.9. The van der Waals surface area contributed by atoms with Crippen molar-refractivity contribution >= 4 is 23.3 Å². The van der Waals surface area contributed by atoms with E-state index in [9.17, 15) is 24.7 Å². The summed E-state index contributed by atoms with van der Waals surface area (Å²) in [7, 11) is 0. The van der Waals surface area contributed by atoms with Crippen molar-refractivity contribution in [3.63, 3.8) is 0 Å². The number of ether oxygens (including phenoxy) is 1. The third-order valence-electron chi connectivity index (χ3n) is 6.65. The second kappa shape index (κ2) is 8.07. The molecule has 1 fully saturated rings. The Hall–Kier alpha value is -4.04. The van der Waals surface area contributed by atoms with Gasteiger partial charge in [-0.1, -0.05) is 30.3 Å². The van der Waals surface area contributed by atoms with Crippen molar-refractivity contribution in [3.8, 4) is 0 Å². The maximum absolute atomic E-state index is 12.9. The largest absolute Gasteiger partial charge is 0.618 e. The number of benzene rings is 2. The van der Waals surface area contributed by atoms with Crippen molar-refractivity contribution < 1.29 is 29.0 Å². The lowest BCUT2D eigenvalue weighted by Crippen LogP contribution is -2.51. The molecule has 1 aliphatic heterocycles. The van der Waals surface area contributed by atoms with Crippen LogP contribution >= 0.6 is 0 Å². The topological polar surface area (TPSA) is 120 Å². The van der Waals surface area contributed by atoms with Crippen LogP contribution < -0.4 is 10.0 Å². The predicted molar refractivity (Wildman–Crippen MR) is 121 cm³/mol. The van der Waals surface area contributed by atoms with E-state index >= 15 is 0 Å². The van der Waals surface area contributed by atoms with Gasteiger partial charge in [0.15, 0.2) is 17.6 Å². The van der Waals surface area contributed by atoms with Crippen LogP contribution in [0, 0.1) is 5.21 Å². The van der Waals surface area contributed by atoms with Crippen LogP contribution in [-0.4, -0.2) is 28.4 Å². The predicted octanol–water partition coefficient (Wildman–Crippen LogP) is 2.86. The van der Waals surface area contributed by atoms with Gasteiger partial charge in [0, 0.05) is 35.7 Å². The first-order valence-corrected chi connectivity index (χ1v) is 11.0. The van der Waals surface area contributed by atoms with E-state index < -0.39 is 23.1 Å². The molecule has 1 aliphatic carbocycles. The number of anilines is 1. The third-order valence-corrected chi connectivity index (χ3v) is 6.65. The van der Waals surface area contributed by atoms with Crippen LogP contribution in [0.25, 0.3) is 0 Å². The van der Waals surface area contributed by atoms with Gasteiger partial charge in [-0.05, 0) is 43.2 Å². The summed E-state index contributed by atoms with van der Waals surface area (Å²) in [6.45, 7) is 0. The highest BCUT2D eigenvalue weighted by Gasteiger charge is 2.57.